The van der Waals surface area contributed by atoms with Crippen molar-refractivity contribution in [2.24, 2.45) is 0 Å². The van der Waals surface area contributed by atoms with Gasteiger partial charge in [0, 0.05) is 6.20 Å². The van der Waals surface area contributed by atoms with Crippen LogP contribution >= 0.6 is 11.6 Å². The Kier molecular flexibility index (Phi) is 2.39. The molecule has 0 spiro atoms. The highest BCUT2D eigenvalue weighted by molar-refractivity contribution is 6.31. The van der Waals surface area contributed by atoms with Crippen molar-refractivity contribution in [3.63, 3.8) is 0 Å². The van der Waals surface area contributed by atoms with Crippen LogP contribution < -0.4 is 0 Å². The average Bonchev–Trinajstić information content (AvgIpc) is 2.67. The maximum atomic E-state index is 10.8. The van der Waals surface area contributed by atoms with Crippen molar-refractivity contribution in [3.05, 3.63) is 41.7 Å². The van der Waals surface area contributed by atoms with E-state index < -0.39 is 5.97 Å². The predicted molar refractivity (Wildman–Crippen MR) is 53.3 cm³/mol. The van der Waals surface area contributed by atoms with Crippen molar-refractivity contribution in [2.45, 2.75) is 0 Å². The molecule has 2 heterocycles. The molecule has 0 aliphatic heterocycles. The zero-order valence-corrected chi connectivity index (χ0v) is 8.22. The van der Waals surface area contributed by atoms with Crippen LogP contribution in [0.5, 0.6) is 0 Å². The third-order valence-electron chi connectivity index (χ3n) is 1.86. The fraction of sp³-hybridized carbons (Fsp3) is 0. The molecule has 5 nitrogen and oxygen atoms in total. The lowest BCUT2D eigenvalue weighted by molar-refractivity contribution is 0.0688. The van der Waals surface area contributed by atoms with Crippen LogP contribution in [0.1, 0.15) is 10.5 Å². The molecule has 1 N–H and O–H groups in total. The summed E-state index contributed by atoms with van der Waals surface area (Å²) in [5, 5.41) is 9.12. The number of nitrogens with zero attached hydrogens (tertiary/aromatic N) is 3. The fourth-order valence-corrected chi connectivity index (χ4v) is 1.41. The van der Waals surface area contributed by atoms with Gasteiger partial charge >= 0.3 is 5.97 Å². The van der Waals surface area contributed by atoms with Crippen LogP contribution in [-0.2, 0) is 0 Å². The highest BCUT2D eigenvalue weighted by Gasteiger charge is 2.13. The summed E-state index contributed by atoms with van der Waals surface area (Å²) in [7, 11) is 0. The molecule has 0 amide bonds. The van der Waals surface area contributed by atoms with E-state index in [1.165, 1.54) is 23.3 Å². The van der Waals surface area contributed by atoms with E-state index >= 15 is 0 Å². The topological polar surface area (TPSA) is 68.0 Å². The summed E-state index contributed by atoms with van der Waals surface area (Å²) in [6, 6.07) is 3.34. The third kappa shape index (κ3) is 1.69. The van der Waals surface area contributed by atoms with Gasteiger partial charge in [-0.25, -0.2) is 14.8 Å². The van der Waals surface area contributed by atoms with Crippen LogP contribution in [0.25, 0.3) is 5.69 Å². The quantitative estimate of drug-likeness (QED) is 0.786. The second-order valence-electron chi connectivity index (χ2n) is 2.77. The molecule has 0 saturated heterocycles. The standard InChI is InChI=1S/C9H6ClN3O2/c10-8-6(2-1-3-12-8)13-5-11-4-7(13)9(14)15/h1-5H,(H,14,15). The van der Waals surface area contributed by atoms with Crippen LogP contribution in [0.2, 0.25) is 5.15 Å². The molecule has 15 heavy (non-hydrogen) atoms. The van der Waals surface area contributed by atoms with Crippen LogP contribution in [0.4, 0.5) is 0 Å². The molecule has 0 atom stereocenters. The number of hydrogen-bond donors (Lipinski definition) is 1. The van der Waals surface area contributed by atoms with Gasteiger partial charge in [0.2, 0.25) is 0 Å². The summed E-state index contributed by atoms with van der Waals surface area (Å²) in [6.07, 6.45) is 4.17. The van der Waals surface area contributed by atoms with Crippen molar-refractivity contribution >= 4 is 17.6 Å². The van der Waals surface area contributed by atoms with Crippen molar-refractivity contribution in [3.8, 4) is 5.69 Å². The number of hydrogen-bond acceptors (Lipinski definition) is 3. The number of carboxylic acids is 1. The van der Waals surface area contributed by atoms with E-state index in [9.17, 15) is 4.79 Å². The Balaban J connectivity index is 2.59. The van der Waals surface area contributed by atoms with Gasteiger partial charge in [-0.05, 0) is 12.1 Å². The van der Waals surface area contributed by atoms with Gasteiger partial charge in [0.05, 0.1) is 18.2 Å². The monoisotopic (exact) mass is 223 g/mol. The first kappa shape index (κ1) is 9.67. The summed E-state index contributed by atoms with van der Waals surface area (Å²) in [6.45, 7) is 0. The molecular weight excluding hydrogens is 218 g/mol. The van der Waals surface area contributed by atoms with E-state index in [0.717, 1.165) is 0 Å². The molecule has 0 bridgehead atoms. The van der Waals surface area contributed by atoms with E-state index in [1.807, 2.05) is 0 Å². The second kappa shape index (κ2) is 3.70. The van der Waals surface area contributed by atoms with Gasteiger partial charge in [-0.3, -0.25) is 4.57 Å². The zero-order valence-electron chi connectivity index (χ0n) is 7.46. The van der Waals surface area contributed by atoms with E-state index in [4.69, 9.17) is 16.7 Å². The lowest BCUT2D eigenvalue weighted by Crippen LogP contribution is -2.06. The molecule has 6 heteroatoms. The van der Waals surface area contributed by atoms with Crippen LogP contribution in [0.3, 0.4) is 0 Å². The minimum Gasteiger partial charge on any atom is -0.477 e. The summed E-state index contributed by atoms with van der Waals surface area (Å²) < 4.78 is 1.37. The number of carbonyl (C=O) groups is 1. The van der Waals surface area contributed by atoms with E-state index in [2.05, 4.69) is 9.97 Å². The number of aromatic carboxylic acids is 1. The minimum absolute atomic E-state index is 0.0462. The SMILES string of the molecule is O=C(O)c1cncn1-c1cccnc1Cl. The Morgan fingerprint density at radius 3 is 3.00 bits per heavy atom. The van der Waals surface area contributed by atoms with Crippen LogP contribution in [0, 0.1) is 0 Å². The Bertz CT molecular complexity index is 510. The first-order valence-electron chi connectivity index (χ1n) is 4.06. The number of halogens is 1. The maximum absolute atomic E-state index is 10.8. The van der Waals surface area contributed by atoms with Crippen molar-refractivity contribution in [2.75, 3.05) is 0 Å². The summed E-state index contributed by atoms with van der Waals surface area (Å²) >= 11 is 5.84. The molecule has 2 rings (SSSR count). The van der Waals surface area contributed by atoms with Gasteiger partial charge in [-0.1, -0.05) is 11.6 Å². The molecule has 0 aliphatic carbocycles. The number of carboxylic acid groups (broad SMARTS) is 1. The van der Waals surface area contributed by atoms with Gasteiger partial charge in [0.25, 0.3) is 0 Å². The van der Waals surface area contributed by atoms with E-state index in [-0.39, 0.29) is 10.8 Å². The molecule has 2 aromatic rings. The minimum atomic E-state index is -1.06. The van der Waals surface area contributed by atoms with Crippen LogP contribution in [0.15, 0.2) is 30.9 Å². The van der Waals surface area contributed by atoms with Gasteiger partial charge in [0.15, 0.2) is 10.8 Å². The highest BCUT2D eigenvalue weighted by Crippen LogP contribution is 2.18. The molecule has 0 aromatic carbocycles. The summed E-state index contributed by atoms with van der Waals surface area (Å²) in [5.41, 5.74) is 0.541. The van der Waals surface area contributed by atoms with E-state index in [1.54, 1.807) is 12.1 Å². The van der Waals surface area contributed by atoms with Gasteiger partial charge in [-0.2, -0.15) is 0 Å². The highest BCUT2D eigenvalue weighted by atomic mass is 35.5. The lowest BCUT2D eigenvalue weighted by Gasteiger charge is -2.05. The second-order valence-corrected chi connectivity index (χ2v) is 3.13. The number of aromatic nitrogens is 3. The van der Waals surface area contributed by atoms with Crippen molar-refractivity contribution in [1.82, 2.24) is 14.5 Å². The van der Waals surface area contributed by atoms with Crippen molar-refractivity contribution < 1.29 is 9.90 Å². The Morgan fingerprint density at radius 2 is 2.33 bits per heavy atom. The molecule has 76 valence electrons. The smallest absolute Gasteiger partial charge is 0.354 e. The molecule has 0 aliphatic rings. The fourth-order valence-electron chi connectivity index (χ4n) is 1.20. The molecular formula is C9H6ClN3O2. The Labute approximate surface area is 90.0 Å². The summed E-state index contributed by atoms with van der Waals surface area (Å²) in [5.74, 6) is -1.06. The maximum Gasteiger partial charge on any atom is 0.354 e. The average molecular weight is 224 g/mol. The molecule has 0 unspecified atom stereocenters. The summed E-state index contributed by atoms with van der Waals surface area (Å²) in [4.78, 5) is 18.5. The van der Waals surface area contributed by atoms with Gasteiger partial charge < -0.3 is 5.11 Å². The number of rotatable bonds is 2. The molecule has 2 aromatic heterocycles. The van der Waals surface area contributed by atoms with E-state index in [0.29, 0.717) is 5.69 Å². The Morgan fingerprint density at radius 1 is 1.53 bits per heavy atom. The Hall–Kier alpha value is -1.88. The first-order valence-corrected chi connectivity index (χ1v) is 4.44. The predicted octanol–water partition coefficient (Wildman–Crippen LogP) is 1.62. The largest absolute Gasteiger partial charge is 0.477 e. The lowest BCUT2D eigenvalue weighted by atomic mass is 10.4. The molecule has 0 radical (unpaired) electrons. The number of imidazole rings is 1. The van der Waals surface area contributed by atoms with Crippen molar-refractivity contribution in [1.29, 1.82) is 0 Å². The van der Waals surface area contributed by atoms with Gasteiger partial charge in [0.1, 0.15) is 0 Å². The van der Waals surface area contributed by atoms with Crippen LogP contribution in [-0.4, -0.2) is 25.6 Å². The normalized spacial score (nSPS) is 10.2. The molecule has 0 fully saturated rings. The third-order valence-corrected chi connectivity index (χ3v) is 2.15. The zero-order chi connectivity index (χ0) is 10.8. The number of pyridine rings is 1. The first-order chi connectivity index (χ1) is 7.20. The molecule has 0 saturated carbocycles. The van der Waals surface area contributed by atoms with Gasteiger partial charge in [-0.15, -0.1) is 0 Å².